The van der Waals surface area contributed by atoms with Crippen molar-refractivity contribution in [3.8, 4) is 11.5 Å². The molecular formula is C27H30N4O6S. The van der Waals surface area contributed by atoms with E-state index in [4.69, 9.17) is 5.11 Å². The van der Waals surface area contributed by atoms with Gasteiger partial charge in [-0.1, -0.05) is 24.3 Å². The molecule has 0 aliphatic carbocycles. The molecule has 3 amide bonds. The van der Waals surface area contributed by atoms with Gasteiger partial charge < -0.3 is 26.0 Å². The first-order chi connectivity index (χ1) is 18.2. The molecule has 1 fully saturated rings. The van der Waals surface area contributed by atoms with Crippen LogP contribution in [0.25, 0.3) is 0 Å². The maximum atomic E-state index is 13.3. The van der Waals surface area contributed by atoms with E-state index in [0.717, 1.165) is 36.3 Å². The lowest BCUT2D eigenvalue weighted by molar-refractivity contribution is -0.124. The third-order valence-corrected chi connectivity index (χ3v) is 7.18. The molecule has 1 aromatic heterocycles. The molecule has 0 saturated carbocycles. The molecule has 2 aromatic carbocycles. The third-order valence-electron chi connectivity index (χ3n) is 6.19. The summed E-state index contributed by atoms with van der Waals surface area (Å²) in [4.78, 5) is 39.5. The second-order valence-electron chi connectivity index (χ2n) is 9.25. The van der Waals surface area contributed by atoms with Gasteiger partial charge in [-0.05, 0) is 66.9 Å². The summed E-state index contributed by atoms with van der Waals surface area (Å²) in [6.07, 6.45) is 1.83. The number of hydrogen-bond acceptors (Lipinski definition) is 7. The van der Waals surface area contributed by atoms with E-state index in [9.17, 15) is 24.6 Å². The molecule has 1 aliphatic heterocycles. The average molecular weight is 539 g/mol. The molecule has 2 atom stereocenters. The lowest BCUT2D eigenvalue weighted by Crippen LogP contribution is -2.54. The topological polar surface area (TPSA) is 151 Å². The molecule has 11 heteroatoms. The summed E-state index contributed by atoms with van der Waals surface area (Å²) in [6, 6.07) is 14.8. The number of aromatic carboxylic acids is 1. The van der Waals surface area contributed by atoms with E-state index in [0.29, 0.717) is 23.7 Å². The van der Waals surface area contributed by atoms with Crippen molar-refractivity contribution in [2.24, 2.45) is 0 Å². The molecule has 10 nitrogen and oxygen atoms in total. The second kappa shape index (κ2) is 12.4. The van der Waals surface area contributed by atoms with Gasteiger partial charge in [0.25, 0.3) is 0 Å². The number of likely N-dealkylation sites (tertiary alicyclic amines) is 1. The minimum atomic E-state index is -1.09. The zero-order valence-electron chi connectivity index (χ0n) is 20.6. The van der Waals surface area contributed by atoms with Crippen molar-refractivity contribution >= 4 is 34.2 Å². The number of carbonyl (C=O) groups excluding carboxylic acids is 2. The molecule has 0 unspecified atom stereocenters. The SMILES string of the molecule is O=C(Nc1ccc(C(=O)O)s1)N[C@@H](Cc1cccc(O)c1)C(=O)N[C@H]1CCCN(Cc2cccc(O)c2)C1. The van der Waals surface area contributed by atoms with Crippen molar-refractivity contribution in [2.75, 3.05) is 18.4 Å². The van der Waals surface area contributed by atoms with Gasteiger partial charge in [0.2, 0.25) is 5.91 Å². The fraction of sp³-hybridized carbons (Fsp3) is 0.296. The molecule has 2 heterocycles. The van der Waals surface area contributed by atoms with Gasteiger partial charge in [-0.3, -0.25) is 15.0 Å². The standard InChI is InChI=1S/C27H30N4O6S/c32-20-7-1-4-17(12-20)14-22(29-27(37)30-24-10-9-23(38-24)26(35)36)25(34)28-19-6-3-11-31(16-19)15-18-5-2-8-21(33)13-18/h1-2,4-5,7-10,12-13,19,22,32-33H,3,6,11,14-16H2,(H,28,34)(H,35,36)(H2,29,30,37)/t19-,22-/m0/s1. The first kappa shape index (κ1) is 27.0. The van der Waals surface area contributed by atoms with Crippen molar-refractivity contribution in [1.29, 1.82) is 0 Å². The van der Waals surface area contributed by atoms with Gasteiger partial charge in [0.05, 0.1) is 5.00 Å². The van der Waals surface area contributed by atoms with Gasteiger partial charge in [-0.15, -0.1) is 11.3 Å². The Hall–Kier alpha value is -4.09. The van der Waals surface area contributed by atoms with E-state index in [1.165, 1.54) is 24.3 Å². The van der Waals surface area contributed by atoms with Crippen LogP contribution in [0, 0.1) is 0 Å². The van der Waals surface area contributed by atoms with E-state index >= 15 is 0 Å². The summed E-state index contributed by atoms with van der Waals surface area (Å²) in [5.41, 5.74) is 1.65. The fourth-order valence-electron chi connectivity index (χ4n) is 4.49. The minimum absolute atomic E-state index is 0.0563. The Morgan fingerprint density at radius 1 is 1.00 bits per heavy atom. The Morgan fingerprint density at radius 3 is 2.39 bits per heavy atom. The fourth-order valence-corrected chi connectivity index (χ4v) is 5.23. The molecule has 0 radical (unpaired) electrons. The number of piperidine rings is 1. The quantitative estimate of drug-likeness (QED) is 0.244. The normalized spacial score (nSPS) is 16.4. The molecule has 6 N–H and O–H groups in total. The van der Waals surface area contributed by atoms with Crippen molar-refractivity contribution in [1.82, 2.24) is 15.5 Å². The molecule has 3 aromatic rings. The highest BCUT2D eigenvalue weighted by Gasteiger charge is 2.27. The summed E-state index contributed by atoms with van der Waals surface area (Å²) < 4.78 is 0. The van der Waals surface area contributed by atoms with Crippen LogP contribution in [0.4, 0.5) is 9.80 Å². The van der Waals surface area contributed by atoms with Crippen molar-refractivity contribution in [3.63, 3.8) is 0 Å². The Bertz CT molecular complexity index is 1300. The van der Waals surface area contributed by atoms with E-state index in [1.54, 1.807) is 30.3 Å². The largest absolute Gasteiger partial charge is 0.508 e. The van der Waals surface area contributed by atoms with E-state index < -0.39 is 18.0 Å². The van der Waals surface area contributed by atoms with Crippen molar-refractivity contribution in [2.45, 2.75) is 37.9 Å². The minimum Gasteiger partial charge on any atom is -0.508 e. The van der Waals surface area contributed by atoms with Gasteiger partial charge in [0.15, 0.2) is 0 Å². The summed E-state index contributed by atoms with van der Waals surface area (Å²) >= 11 is 0.915. The van der Waals surface area contributed by atoms with E-state index in [-0.39, 0.29) is 34.7 Å². The molecule has 200 valence electrons. The number of aromatic hydroxyl groups is 2. The predicted molar refractivity (Wildman–Crippen MR) is 144 cm³/mol. The molecule has 0 bridgehead atoms. The smallest absolute Gasteiger partial charge is 0.345 e. The summed E-state index contributed by atoms with van der Waals surface area (Å²) in [5, 5.41) is 37.4. The monoisotopic (exact) mass is 538 g/mol. The summed E-state index contributed by atoms with van der Waals surface area (Å²) in [5.74, 6) is -1.17. The zero-order valence-corrected chi connectivity index (χ0v) is 21.4. The van der Waals surface area contributed by atoms with Crippen LogP contribution in [0.1, 0.15) is 33.6 Å². The predicted octanol–water partition coefficient (Wildman–Crippen LogP) is 3.37. The molecule has 0 spiro atoms. The Labute approximate surface area is 223 Å². The van der Waals surface area contributed by atoms with Crippen molar-refractivity contribution in [3.05, 3.63) is 76.7 Å². The Morgan fingerprint density at radius 2 is 1.71 bits per heavy atom. The van der Waals surface area contributed by atoms with Crippen LogP contribution in [0.5, 0.6) is 11.5 Å². The lowest BCUT2D eigenvalue weighted by Gasteiger charge is -2.34. The van der Waals surface area contributed by atoms with E-state index in [1.807, 2.05) is 6.07 Å². The number of hydrogen-bond donors (Lipinski definition) is 6. The molecular weight excluding hydrogens is 508 g/mol. The van der Waals surface area contributed by atoms with Crippen LogP contribution >= 0.6 is 11.3 Å². The highest BCUT2D eigenvalue weighted by atomic mass is 32.1. The van der Waals surface area contributed by atoms with Gasteiger partial charge in [-0.25, -0.2) is 9.59 Å². The summed E-state index contributed by atoms with van der Waals surface area (Å²) in [6.45, 7) is 2.14. The number of anilines is 1. The number of thiophene rings is 1. The number of phenolic OH excluding ortho intramolecular Hbond substituents is 2. The Kier molecular flexibility index (Phi) is 8.82. The first-order valence-corrected chi connectivity index (χ1v) is 13.1. The number of amides is 3. The van der Waals surface area contributed by atoms with Crippen molar-refractivity contribution < 1.29 is 29.7 Å². The number of carboxylic acids is 1. The number of nitrogens with zero attached hydrogens (tertiary/aromatic N) is 1. The molecule has 38 heavy (non-hydrogen) atoms. The van der Waals surface area contributed by atoms with Gasteiger partial charge >= 0.3 is 12.0 Å². The molecule has 1 saturated heterocycles. The average Bonchev–Trinajstić information content (AvgIpc) is 3.33. The number of phenols is 2. The van der Waals surface area contributed by atoms with Crippen LogP contribution in [-0.4, -0.2) is 63.3 Å². The van der Waals surface area contributed by atoms with Gasteiger partial charge in [0, 0.05) is 25.6 Å². The molecule has 1 aliphatic rings. The number of nitrogens with one attached hydrogen (secondary N) is 3. The van der Waals surface area contributed by atoms with Crippen LogP contribution in [0.3, 0.4) is 0 Å². The summed E-state index contributed by atoms with van der Waals surface area (Å²) in [7, 11) is 0. The number of carboxylic acid groups (broad SMARTS) is 1. The highest BCUT2D eigenvalue weighted by molar-refractivity contribution is 7.18. The number of rotatable bonds is 9. The van der Waals surface area contributed by atoms with Crippen LogP contribution in [-0.2, 0) is 17.8 Å². The van der Waals surface area contributed by atoms with Gasteiger partial charge in [-0.2, -0.15) is 0 Å². The zero-order chi connectivity index (χ0) is 27.1. The third kappa shape index (κ3) is 7.70. The number of benzene rings is 2. The second-order valence-corrected chi connectivity index (χ2v) is 10.3. The van der Waals surface area contributed by atoms with Crippen LogP contribution < -0.4 is 16.0 Å². The van der Waals surface area contributed by atoms with E-state index in [2.05, 4.69) is 20.9 Å². The Balaban J connectivity index is 1.41. The highest BCUT2D eigenvalue weighted by Crippen LogP contribution is 2.22. The lowest BCUT2D eigenvalue weighted by atomic mass is 10.0. The maximum absolute atomic E-state index is 13.3. The first-order valence-electron chi connectivity index (χ1n) is 12.2. The maximum Gasteiger partial charge on any atom is 0.345 e. The van der Waals surface area contributed by atoms with Crippen LogP contribution in [0.2, 0.25) is 0 Å². The molecule has 4 rings (SSSR count). The number of urea groups is 1. The van der Waals surface area contributed by atoms with Gasteiger partial charge in [0.1, 0.15) is 22.4 Å². The van der Waals surface area contributed by atoms with Crippen LogP contribution in [0.15, 0.2) is 60.7 Å². The number of carbonyl (C=O) groups is 3.